The number of rotatable bonds is 7. The van der Waals surface area contributed by atoms with Gasteiger partial charge in [-0.15, -0.1) is 0 Å². The van der Waals surface area contributed by atoms with E-state index in [0.29, 0.717) is 6.04 Å². The molecule has 0 aliphatic carbocycles. The van der Waals surface area contributed by atoms with E-state index in [1.807, 2.05) is 12.3 Å². The fraction of sp³-hybridized carbons (Fsp3) is 0.545. The molecule has 0 radical (unpaired) electrons. The number of hydrogen-bond acceptors (Lipinski definition) is 3. The Bertz CT molecular complexity index is 812. The second-order valence-corrected chi connectivity index (χ2v) is 8.65. The Labute approximate surface area is 174 Å². The second-order valence-electron chi connectivity index (χ2n) is 8.27. The first-order valence-electron chi connectivity index (χ1n) is 10.1. The molecule has 1 N–H and O–H groups in total. The van der Waals surface area contributed by atoms with Gasteiger partial charge in [-0.3, -0.25) is 4.98 Å². The molecule has 2 atom stereocenters. The van der Waals surface area contributed by atoms with E-state index in [0.717, 1.165) is 30.3 Å². The second kappa shape index (κ2) is 8.62. The lowest BCUT2D eigenvalue weighted by Crippen LogP contribution is -2.32. The molecule has 0 amide bonds. The number of thiocarbonyl (C=S) groups is 1. The van der Waals surface area contributed by atoms with Crippen molar-refractivity contribution in [3.05, 3.63) is 53.1 Å². The van der Waals surface area contributed by atoms with E-state index in [2.05, 4.69) is 84.7 Å². The van der Waals surface area contributed by atoms with Crippen LogP contribution in [-0.4, -0.2) is 51.6 Å². The lowest BCUT2D eigenvalue weighted by atomic mass is 9.96. The van der Waals surface area contributed by atoms with Crippen LogP contribution in [0.25, 0.3) is 0 Å². The summed E-state index contributed by atoms with van der Waals surface area (Å²) >= 11 is 5.77. The van der Waals surface area contributed by atoms with Crippen LogP contribution in [0.15, 0.2) is 30.5 Å². The Hall–Kier alpha value is -1.92. The van der Waals surface area contributed by atoms with Crippen molar-refractivity contribution in [2.45, 2.75) is 52.2 Å². The van der Waals surface area contributed by atoms with Crippen molar-refractivity contribution in [3.8, 4) is 0 Å². The van der Waals surface area contributed by atoms with Gasteiger partial charge in [-0.05, 0) is 90.7 Å². The molecule has 3 rings (SSSR count). The molecular formula is C22H33N5S. The summed E-state index contributed by atoms with van der Waals surface area (Å²) in [5, 5.41) is 4.39. The molecule has 2 aromatic heterocycles. The number of nitrogens with one attached hydrogen (secondary N) is 1. The molecule has 1 aliphatic rings. The highest BCUT2D eigenvalue weighted by atomic mass is 32.1. The van der Waals surface area contributed by atoms with Crippen molar-refractivity contribution in [1.29, 1.82) is 0 Å². The van der Waals surface area contributed by atoms with E-state index in [1.54, 1.807) is 0 Å². The van der Waals surface area contributed by atoms with Crippen LogP contribution in [0.5, 0.6) is 0 Å². The van der Waals surface area contributed by atoms with Crippen LogP contribution < -0.4 is 5.32 Å². The van der Waals surface area contributed by atoms with Gasteiger partial charge in [-0.25, -0.2) is 0 Å². The number of pyridine rings is 1. The van der Waals surface area contributed by atoms with E-state index < -0.39 is 0 Å². The monoisotopic (exact) mass is 399 g/mol. The molecule has 1 saturated heterocycles. The molecule has 0 bridgehead atoms. The highest BCUT2D eigenvalue weighted by molar-refractivity contribution is 7.80. The Balaban J connectivity index is 2.01. The van der Waals surface area contributed by atoms with E-state index in [-0.39, 0.29) is 12.1 Å². The van der Waals surface area contributed by atoms with Crippen LogP contribution in [0.4, 0.5) is 0 Å². The topological polar surface area (TPSA) is 36.3 Å². The highest BCUT2D eigenvalue weighted by Crippen LogP contribution is 2.41. The average molecular weight is 400 g/mol. The summed E-state index contributed by atoms with van der Waals surface area (Å²) in [5.74, 6) is 0. The van der Waals surface area contributed by atoms with Gasteiger partial charge in [0.1, 0.15) is 0 Å². The predicted molar refractivity (Wildman–Crippen MR) is 120 cm³/mol. The Morgan fingerprint density at radius 2 is 2.00 bits per heavy atom. The zero-order valence-electron chi connectivity index (χ0n) is 17.9. The summed E-state index contributed by atoms with van der Waals surface area (Å²) in [6.07, 6.45) is 2.94. The van der Waals surface area contributed by atoms with Crippen molar-refractivity contribution >= 4 is 17.3 Å². The van der Waals surface area contributed by atoms with Gasteiger partial charge in [-0.2, -0.15) is 0 Å². The zero-order valence-corrected chi connectivity index (χ0v) is 18.8. The minimum absolute atomic E-state index is 0.0640. The smallest absolute Gasteiger partial charge is 0.170 e. The SMILES string of the molecule is Cc1cc([C@@H]2[C@@H](c3ccccn3)NC(=S)N2CCCN(C)C)c(C)n1C(C)C. The summed E-state index contributed by atoms with van der Waals surface area (Å²) in [4.78, 5) is 9.23. The predicted octanol–water partition coefficient (Wildman–Crippen LogP) is 4.01. The van der Waals surface area contributed by atoms with Crippen molar-refractivity contribution < 1.29 is 0 Å². The van der Waals surface area contributed by atoms with Gasteiger partial charge in [0.15, 0.2) is 5.11 Å². The molecule has 1 fully saturated rings. The van der Waals surface area contributed by atoms with Gasteiger partial charge < -0.3 is 19.7 Å². The minimum atomic E-state index is 0.0640. The summed E-state index contributed by atoms with van der Waals surface area (Å²) in [5.41, 5.74) is 5.01. The summed E-state index contributed by atoms with van der Waals surface area (Å²) in [6, 6.07) is 9.10. The van der Waals surface area contributed by atoms with Crippen LogP contribution >= 0.6 is 12.2 Å². The molecule has 3 heterocycles. The van der Waals surface area contributed by atoms with Gasteiger partial charge in [0, 0.05) is 30.2 Å². The molecule has 1 aliphatic heterocycles. The summed E-state index contributed by atoms with van der Waals surface area (Å²) in [6.45, 7) is 10.9. The van der Waals surface area contributed by atoms with Crippen LogP contribution in [0.3, 0.4) is 0 Å². The largest absolute Gasteiger partial charge is 0.352 e. The first-order chi connectivity index (χ1) is 13.3. The quantitative estimate of drug-likeness (QED) is 0.712. The van der Waals surface area contributed by atoms with Gasteiger partial charge in [0.05, 0.1) is 17.8 Å². The third kappa shape index (κ3) is 4.08. The van der Waals surface area contributed by atoms with Crippen molar-refractivity contribution in [3.63, 3.8) is 0 Å². The van der Waals surface area contributed by atoms with Gasteiger partial charge in [0.25, 0.3) is 0 Å². The third-order valence-corrected chi connectivity index (χ3v) is 5.91. The first kappa shape index (κ1) is 20.8. The molecule has 0 unspecified atom stereocenters. The standard InChI is InChI=1S/C22H33N5S/c1-15(2)27-16(3)14-18(17(27)4)21-20(19-10-7-8-11-23-19)24-22(28)26(21)13-9-12-25(5)6/h7-8,10-11,14-15,20-21H,9,12-13H2,1-6H3,(H,24,28)/t20-,21-/m1/s1. The molecule has 0 spiro atoms. The van der Waals surface area contributed by atoms with Crippen molar-refractivity contribution in [2.24, 2.45) is 0 Å². The van der Waals surface area contributed by atoms with Gasteiger partial charge >= 0.3 is 0 Å². The third-order valence-electron chi connectivity index (χ3n) is 5.56. The van der Waals surface area contributed by atoms with Gasteiger partial charge in [0.2, 0.25) is 0 Å². The molecule has 152 valence electrons. The Morgan fingerprint density at radius 1 is 1.25 bits per heavy atom. The molecule has 2 aromatic rings. The van der Waals surface area contributed by atoms with Crippen molar-refractivity contribution in [2.75, 3.05) is 27.2 Å². The Kier molecular flexibility index (Phi) is 6.40. The first-order valence-corrected chi connectivity index (χ1v) is 10.5. The molecule has 6 heteroatoms. The lowest BCUT2D eigenvalue weighted by Gasteiger charge is -2.28. The van der Waals surface area contributed by atoms with E-state index in [9.17, 15) is 0 Å². The van der Waals surface area contributed by atoms with Crippen LogP contribution in [0.2, 0.25) is 0 Å². The van der Waals surface area contributed by atoms with E-state index in [4.69, 9.17) is 12.2 Å². The van der Waals surface area contributed by atoms with Crippen LogP contribution in [0.1, 0.15) is 61.0 Å². The number of aryl methyl sites for hydroxylation is 1. The van der Waals surface area contributed by atoms with Gasteiger partial charge in [-0.1, -0.05) is 6.07 Å². The normalized spacial score (nSPS) is 19.7. The average Bonchev–Trinajstić information content (AvgIpc) is 3.11. The highest BCUT2D eigenvalue weighted by Gasteiger charge is 2.41. The van der Waals surface area contributed by atoms with Crippen molar-refractivity contribution in [1.82, 2.24) is 24.7 Å². The van der Waals surface area contributed by atoms with E-state index in [1.165, 1.54) is 17.0 Å². The fourth-order valence-electron chi connectivity index (χ4n) is 4.44. The summed E-state index contributed by atoms with van der Waals surface area (Å²) < 4.78 is 2.42. The number of nitrogens with zero attached hydrogens (tertiary/aromatic N) is 4. The van der Waals surface area contributed by atoms with E-state index >= 15 is 0 Å². The maximum absolute atomic E-state index is 5.77. The minimum Gasteiger partial charge on any atom is -0.352 e. The molecule has 0 aromatic carbocycles. The lowest BCUT2D eigenvalue weighted by molar-refractivity contribution is 0.292. The van der Waals surface area contributed by atoms with Crippen LogP contribution in [0, 0.1) is 13.8 Å². The fourth-order valence-corrected chi connectivity index (χ4v) is 4.77. The molecular weight excluding hydrogens is 366 g/mol. The number of aromatic nitrogens is 2. The molecule has 5 nitrogen and oxygen atoms in total. The molecule has 28 heavy (non-hydrogen) atoms. The number of hydrogen-bond donors (Lipinski definition) is 1. The Morgan fingerprint density at radius 3 is 2.57 bits per heavy atom. The van der Waals surface area contributed by atoms with Crippen LogP contribution in [-0.2, 0) is 0 Å². The summed E-state index contributed by atoms with van der Waals surface area (Å²) in [7, 11) is 4.23. The maximum Gasteiger partial charge on any atom is 0.170 e. The maximum atomic E-state index is 5.77. The zero-order chi connectivity index (χ0) is 20.4. The molecule has 0 saturated carbocycles.